The predicted octanol–water partition coefficient (Wildman–Crippen LogP) is 4.42. The molecule has 0 N–H and O–H groups in total. The lowest BCUT2D eigenvalue weighted by Crippen LogP contribution is -2.10. The summed E-state index contributed by atoms with van der Waals surface area (Å²) < 4.78 is 0. The molecule has 0 spiro atoms. The van der Waals surface area contributed by atoms with Crippen LogP contribution < -0.4 is 0 Å². The topological polar surface area (TPSA) is 12.9 Å². The Balaban J connectivity index is 2.48. The van der Waals surface area contributed by atoms with Gasteiger partial charge in [-0.05, 0) is 6.92 Å². The van der Waals surface area contributed by atoms with Gasteiger partial charge in [-0.2, -0.15) is 0 Å². The van der Waals surface area contributed by atoms with Crippen molar-refractivity contribution in [1.29, 1.82) is 0 Å². The Morgan fingerprint density at radius 3 is 2.19 bits per heavy atom. The Hall–Kier alpha value is -1.15. The van der Waals surface area contributed by atoms with Crippen LogP contribution in [0, 0.1) is 6.92 Å². The molecule has 2 rings (SSSR count). The van der Waals surface area contributed by atoms with Crippen LogP contribution in [0.1, 0.15) is 30.7 Å². The molecule has 0 radical (unpaired) electrons. The van der Waals surface area contributed by atoms with E-state index in [4.69, 9.17) is 4.98 Å². The van der Waals surface area contributed by atoms with Crippen LogP contribution in [-0.4, -0.2) is 4.98 Å². The first-order valence-electron chi connectivity index (χ1n) is 5.52. The Morgan fingerprint density at radius 2 is 1.69 bits per heavy atom. The molecule has 0 atom stereocenters. The third-order valence-electron chi connectivity index (χ3n) is 2.49. The molecule has 1 heterocycles. The van der Waals surface area contributed by atoms with Crippen molar-refractivity contribution >= 4 is 11.3 Å². The monoisotopic (exact) mass is 231 g/mol. The summed E-state index contributed by atoms with van der Waals surface area (Å²) >= 11 is 1.81. The van der Waals surface area contributed by atoms with Gasteiger partial charge in [-0.15, -0.1) is 11.3 Å². The first kappa shape index (κ1) is 11.3. The fourth-order valence-corrected chi connectivity index (χ4v) is 2.57. The van der Waals surface area contributed by atoms with Crippen LogP contribution >= 0.6 is 11.3 Å². The van der Waals surface area contributed by atoms with Crippen LogP contribution in [0.5, 0.6) is 0 Å². The first-order chi connectivity index (χ1) is 7.48. The van der Waals surface area contributed by atoms with Gasteiger partial charge >= 0.3 is 0 Å². The molecule has 1 aromatic carbocycles. The van der Waals surface area contributed by atoms with Crippen molar-refractivity contribution in [2.45, 2.75) is 33.1 Å². The van der Waals surface area contributed by atoms with E-state index in [-0.39, 0.29) is 5.41 Å². The largest absolute Gasteiger partial charge is 0.240 e. The maximum absolute atomic E-state index is 4.77. The normalized spacial score (nSPS) is 11.8. The van der Waals surface area contributed by atoms with Gasteiger partial charge < -0.3 is 0 Å². The molecule has 0 bridgehead atoms. The van der Waals surface area contributed by atoms with Crippen molar-refractivity contribution in [2.75, 3.05) is 0 Å². The molecule has 2 heteroatoms. The lowest BCUT2D eigenvalue weighted by atomic mass is 9.98. The van der Waals surface area contributed by atoms with Crippen molar-refractivity contribution in [3.63, 3.8) is 0 Å². The maximum Gasteiger partial charge on any atom is 0.0988 e. The zero-order chi connectivity index (χ0) is 11.8. The number of thiazole rings is 1. The van der Waals surface area contributed by atoms with Crippen LogP contribution in [0.3, 0.4) is 0 Å². The van der Waals surface area contributed by atoms with Crippen LogP contribution in [0.25, 0.3) is 11.3 Å². The highest BCUT2D eigenvalue weighted by Gasteiger charge is 2.20. The molecule has 0 saturated heterocycles. The molecule has 0 aliphatic heterocycles. The van der Waals surface area contributed by atoms with E-state index < -0.39 is 0 Å². The third-order valence-corrected chi connectivity index (χ3v) is 3.88. The molecule has 0 aliphatic rings. The molecule has 0 fully saturated rings. The van der Waals surface area contributed by atoms with Gasteiger partial charge in [0, 0.05) is 15.9 Å². The number of rotatable bonds is 1. The van der Waals surface area contributed by atoms with Crippen LogP contribution in [-0.2, 0) is 5.41 Å². The Labute approximate surface area is 101 Å². The van der Waals surface area contributed by atoms with Gasteiger partial charge in [0.05, 0.1) is 10.7 Å². The molecule has 1 nitrogen and oxygen atoms in total. The van der Waals surface area contributed by atoms with E-state index in [0.717, 1.165) is 5.69 Å². The van der Waals surface area contributed by atoms with Crippen molar-refractivity contribution < 1.29 is 0 Å². The van der Waals surface area contributed by atoms with E-state index in [9.17, 15) is 0 Å². The standard InChI is InChI=1S/C14H17NS/c1-10-12(11-8-6-5-7-9-11)15-13(16-10)14(2,3)4/h5-9H,1-4H3. The second-order valence-corrected chi connectivity index (χ2v) is 6.24. The Kier molecular flexibility index (Phi) is 2.85. The highest BCUT2D eigenvalue weighted by molar-refractivity contribution is 7.12. The minimum atomic E-state index is 0.141. The minimum absolute atomic E-state index is 0.141. The highest BCUT2D eigenvalue weighted by Crippen LogP contribution is 2.33. The fraction of sp³-hybridized carbons (Fsp3) is 0.357. The van der Waals surface area contributed by atoms with Gasteiger partial charge in [0.25, 0.3) is 0 Å². The number of hydrogen-bond acceptors (Lipinski definition) is 2. The van der Waals surface area contributed by atoms with Crippen molar-refractivity contribution in [2.24, 2.45) is 0 Å². The van der Waals surface area contributed by atoms with Gasteiger partial charge in [0.2, 0.25) is 0 Å². The van der Waals surface area contributed by atoms with Crippen LogP contribution in [0.4, 0.5) is 0 Å². The zero-order valence-electron chi connectivity index (χ0n) is 10.2. The maximum atomic E-state index is 4.77. The van der Waals surface area contributed by atoms with E-state index in [1.165, 1.54) is 15.4 Å². The van der Waals surface area contributed by atoms with Crippen LogP contribution in [0.15, 0.2) is 30.3 Å². The molecule has 2 aromatic rings. The number of aromatic nitrogens is 1. The number of nitrogens with zero attached hydrogens (tertiary/aromatic N) is 1. The smallest absolute Gasteiger partial charge is 0.0988 e. The summed E-state index contributed by atoms with van der Waals surface area (Å²) in [4.78, 5) is 6.07. The number of hydrogen-bond donors (Lipinski definition) is 0. The molecule has 16 heavy (non-hydrogen) atoms. The summed E-state index contributed by atoms with van der Waals surface area (Å²) in [6.45, 7) is 8.77. The molecular formula is C14H17NS. The molecule has 1 aromatic heterocycles. The van der Waals surface area contributed by atoms with Crippen molar-refractivity contribution in [3.8, 4) is 11.3 Å². The summed E-state index contributed by atoms with van der Waals surface area (Å²) in [5.74, 6) is 0. The Morgan fingerprint density at radius 1 is 1.06 bits per heavy atom. The fourth-order valence-electron chi connectivity index (χ4n) is 1.58. The summed E-state index contributed by atoms with van der Waals surface area (Å²) in [7, 11) is 0. The van der Waals surface area contributed by atoms with Crippen molar-refractivity contribution in [1.82, 2.24) is 4.98 Å². The van der Waals surface area contributed by atoms with Gasteiger partial charge in [0.15, 0.2) is 0 Å². The van der Waals surface area contributed by atoms with E-state index in [1.54, 1.807) is 11.3 Å². The summed E-state index contributed by atoms with van der Waals surface area (Å²) in [5.41, 5.74) is 2.49. The third kappa shape index (κ3) is 2.17. The lowest BCUT2D eigenvalue weighted by molar-refractivity contribution is 0.586. The molecule has 0 amide bonds. The summed E-state index contributed by atoms with van der Waals surface area (Å²) in [6.07, 6.45) is 0. The zero-order valence-corrected chi connectivity index (χ0v) is 11.1. The van der Waals surface area contributed by atoms with E-state index in [1.807, 2.05) is 6.07 Å². The second-order valence-electron chi connectivity index (χ2n) is 5.04. The quantitative estimate of drug-likeness (QED) is 0.708. The van der Waals surface area contributed by atoms with E-state index in [0.29, 0.717) is 0 Å². The molecule has 0 unspecified atom stereocenters. The lowest BCUT2D eigenvalue weighted by Gasteiger charge is -2.13. The molecule has 84 valence electrons. The van der Waals surface area contributed by atoms with Crippen molar-refractivity contribution in [3.05, 3.63) is 40.2 Å². The van der Waals surface area contributed by atoms with Gasteiger partial charge in [-0.3, -0.25) is 0 Å². The molecular weight excluding hydrogens is 214 g/mol. The average molecular weight is 231 g/mol. The van der Waals surface area contributed by atoms with Crippen LogP contribution in [0.2, 0.25) is 0 Å². The predicted molar refractivity (Wildman–Crippen MR) is 71.0 cm³/mol. The first-order valence-corrected chi connectivity index (χ1v) is 6.33. The highest BCUT2D eigenvalue weighted by atomic mass is 32.1. The number of aryl methyl sites for hydroxylation is 1. The molecule has 0 aliphatic carbocycles. The van der Waals surface area contributed by atoms with Gasteiger partial charge in [0.1, 0.15) is 0 Å². The van der Waals surface area contributed by atoms with Gasteiger partial charge in [-0.25, -0.2) is 4.98 Å². The average Bonchev–Trinajstić information content (AvgIpc) is 2.61. The van der Waals surface area contributed by atoms with E-state index >= 15 is 0 Å². The Bertz CT molecular complexity index is 477. The summed E-state index contributed by atoms with van der Waals surface area (Å²) in [5, 5.41) is 1.21. The second kappa shape index (κ2) is 4.02. The SMILES string of the molecule is Cc1sc(C(C)(C)C)nc1-c1ccccc1. The minimum Gasteiger partial charge on any atom is -0.240 e. The van der Waals surface area contributed by atoms with E-state index in [2.05, 4.69) is 52.0 Å². The van der Waals surface area contributed by atoms with Gasteiger partial charge in [-0.1, -0.05) is 51.1 Å². The molecule has 0 saturated carbocycles. The summed E-state index contributed by atoms with van der Waals surface area (Å²) in [6, 6.07) is 10.4. The number of benzene rings is 1.